The fourth-order valence-electron chi connectivity index (χ4n) is 4.10. The molecule has 34 heavy (non-hydrogen) atoms. The summed E-state index contributed by atoms with van der Waals surface area (Å²) in [7, 11) is 0. The molecule has 1 atom stereocenters. The second kappa shape index (κ2) is 9.62. The van der Waals surface area contributed by atoms with Gasteiger partial charge in [0.25, 0.3) is 0 Å². The van der Waals surface area contributed by atoms with Crippen LogP contribution in [0.5, 0.6) is 0 Å². The predicted octanol–water partition coefficient (Wildman–Crippen LogP) is 1.91. The molecule has 0 aliphatic carbocycles. The van der Waals surface area contributed by atoms with Crippen molar-refractivity contribution in [2.75, 3.05) is 24.5 Å². The van der Waals surface area contributed by atoms with Crippen molar-refractivity contribution in [1.29, 1.82) is 5.26 Å². The lowest BCUT2D eigenvalue weighted by Crippen LogP contribution is -2.55. The van der Waals surface area contributed by atoms with Crippen LogP contribution in [-0.4, -0.2) is 73.8 Å². The van der Waals surface area contributed by atoms with Gasteiger partial charge in [-0.05, 0) is 5.56 Å². The van der Waals surface area contributed by atoms with Gasteiger partial charge in [-0.3, -0.25) is 4.90 Å². The number of nitrogens with zero attached hydrogens (tertiary/aromatic N) is 6. The van der Waals surface area contributed by atoms with Crippen molar-refractivity contribution in [2.45, 2.75) is 32.2 Å². The highest BCUT2D eigenvalue weighted by Gasteiger charge is 2.36. The number of anilines is 1. The maximum absolute atomic E-state index is 12.7. The lowest BCUT2D eigenvalue weighted by Gasteiger charge is -2.40. The Morgan fingerprint density at radius 3 is 2.56 bits per heavy atom. The molecule has 0 spiro atoms. The second-order valence-corrected chi connectivity index (χ2v) is 7.94. The third-order valence-electron chi connectivity index (χ3n) is 5.77. The molecule has 12 nitrogen and oxygen atoms in total. The number of fused-ring (bicyclic) bond motifs is 1. The van der Waals surface area contributed by atoms with E-state index in [9.17, 15) is 29.9 Å². The SMILES string of the molecule is N#CCC1CN(c2nc(C(=O)O)nc3c2CN(C(=O)O)C3)CCN1C(=O)OCc1ccccc1. The molecule has 0 radical (unpaired) electrons. The number of amides is 2. The molecule has 176 valence electrons. The average Bonchev–Trinajstić information content (AvgIpc) is 3.27. The van der Waals surface area contributed by atoms with Gasteiger partial charge in [0, 0.05) is 25.2 Å². The minimum atomic E-state index is -1.32. The summed E-state index contributed by atoms with van der Waals surface area (Å²) in [6, 6.07) is 10.8. The lowest BCUT2D eigenvalue weighted by atomic mass is 10.1. The zero-order chi connectivity index (χ0) is 24.2. The van der Waals surface area contributed by atoms with Crippen LogP contribution < -0.4 is 4.90 Å². The highest BCUT2D eigenvalue weighted by atomic mass is 16.6. The van der Waals surface area contributed by atoms with Gasteiger partial charge in [0.2, 0.25) is 5.82 Å². The molecule has 1 unspecified atom stereocenters. The van der Waals surface area contributed by atoms with E-state index in [4.69, 9.17) is 4.74 Å². The molecule has 2 N–H and O–H groups in total. The molecular formula is C22H22N6O6. The number of aromatic carboxylic acids is 1. The first kappa shape index (κ1) is 22.8. The molecule has 1 aromatic carbocycles. The first-order valence-corrected chi connectivity index (χ1v) is 10.6. The van der Waals surface area contributed by atoms with Crippen molar-refractivity contribution in [1.82, 2.24) is 19.8 Å². The number of nitriles is 1. The summed E-state index contributed by atoms with van der Waals surface area (Å²) >= 11 is 0. The minimum absolute atomic E-state index is 0.0299. The fourth-order valence-corrected chi connectivity index (χ4v) is 4.10. The number of carboxylic acid groups (broad SMARTS) is 2. The summed E-state index contributed by atoms with van der Waals surface area (Å²) in [5.41, 5.74) is 1.71. The van der Waals surface area contributed by atoms with Crippen molar-refractivity contribution in [3.05, 3.63) is 53.0 Å². The van der Waals surface area contributed by atoms with Crippen molar-refractivity contribution < 1.29 is 29.3 Å². The third-order valence-corrected chi connectivity index (χ3v) is 5.77. The quantitative estimate of drug-likeness (QED) is 0.666. The topological polar surface area (TPSA) is 160 Å². The molecular weight excluding hydrogens is 444 g/mol. The smallest absolute Gasteiger partial charge is 0.410 e. The van der Waals surface area contributed by atoms with E-state index in [-0.39, 0.29) is 39.2 Å². The molecule has 0 saturated carbocycles. The number of benzene rings is 1. The number of hydrogen-bond donors (Lipinski definition) is 2. The van der Waals surface area contributed by atoms with E-state index in [2.05, 4.69) is 16.0 Å². The Balaban J connectivity index is 1.54. The Kier molecular flexibility index (Phi) is 6.44. The molecule has 1 aromatic heterocycles. The predicted molar refractivity (Wildman–Crippen MR) is 116 cm³/mol. The first-order chi connectivity index (χ1) is 16.4. The Morgan fingerprint density at radius 2 is 1.88 bits per heavy atom. The molecule has 2 amide bonds. The summed E-state index contributed by atoms with van der Waals surface area (Å²) in [6.07, 6.45) is -1.65. The number of hydrogen-bond acceptors (Lipinski definition) is 8. The van der Waals surface area contributed by atoms with Gasteiger partial charge in [-0.2, -0.15) is 5.26 Å². The van der Waals surface area contributed by atoms with E-state index in [1.165, 1.54) is 4.90 Å². The van der Waals surface area contributed by atoms with E-state index in [1.54, 1.807) is 4.90 Å². The monoisotopic (exact) mass is 466 g/mol. The zero-order valence-electron chi connectivity index (χ0n) is 18.1. The molecule has 0 bridgehead atoms. The maximum atomic E-state index is 12.7. The van der Waals surface area contributed by atoms with E-state index >= 15 is 0 Å². The number of aromatic nitrogens is 2. The van der Waals surface area contributed by atoms with Gasteiger partial charge in [-0.25, -0.2) is 24.4 Å². The fraction of sp³-hybridized carbons (Fsp3) is 0.364. The van der Waals surface area contributed by atoms with Crippen molar-refractivity contribution >= 4 is 24.0 Å². The van der Waals surface area contributed by atoms with Crippen LogP contribution in [0.15, 0.2) is 30.3 Å². The van der Waals surface area contributed by atoms with E-state index in [1.807, 2.05) is 30.3 Å². The van der Waals surface area contributed by atoms with E-state index < -0.39 is 30.0 Å². The number of rotatable bonds is 5. The normalized spacial score (nSPS) is 17.1. The van der Waals surface area contributed by atoms with Gasteiger partial charge in [0.1, 0.15) is 12.4 Å². The van der Waals surface area contributed by atoms with E-state index in [0.717, 1.165) is 10.5 Å². The van der Waals surface area contributed by atoms with Gasteiger partial charge in [-0.1, -0.05) is 30.3 Å². The standard InChI is InChI=1S/C22H22N6O6/c23-7-6-15-10-26(8-9-28(15)22(33)34-13-14-4-2-1-3-5-14)19-16-11-27(21(31)32)12-17(16)24-18(25-19)20(29)30/h1-5,15H,6,8-13H2,(H,29,30)(H,31,32). The molecule has 1 fully saturated rings. The number of piperazine rings is 1. The van der Waals surface area contributed by atoms with E-state index in [0.29, 0.717) is 23.6 Å². The van der Waals surface area contributed by atoms with Gasteiger partial charge in [0.15, 0.2) is 0 Å². The van der Waals surface area contributed by atoms with Crippen LogP contribution in [-0.2, 0) is 24.4 Å². The first-order valence-electron chi connectivity index (χ1n) is 10.6. The summed E-state index contributed by atoms with van der Waals surface area (Å²) in [5.74, 6) is -1.44. The van der Waals surface area contributed by atoms with Crippen LogP contribution >= 0.6 is 0 Å². The van der Waals surface area contributed by atoms with Gasteiger partial charge < -0.3 is 24.7 Å². The van der Waals surface area contributed by atoms with Crippen LogP contribution in [0.2, 0.25) is 0 Å². The summed E-state index contributed by atoms with van der Waals surface area (Å²) in [6.45, 7) is 0.840. The second-order valence-electron chi connectivity index (χ2n) is 7.94. The molecule has 2 aliphatic rings. The van der Waals surface area contributed by atoms with Crippen LogP contribution in [0.25, 0.3) is 0 Å². The van der Waals surface area contributed by atoms with Crippen molar-refractivity contribution in [2.24, 2.45) is 0 Å². The van der Waals surface area contributed by atoms with Gasteiger partial charge in [-0.15, -0.1) is 0 Å². The molecule has 2 aliphatic heterocycles. The Bertz CT molecular complexity index is 1150. The molecule has 2 aromatic rings. The average molecular weight is 466 g/mol. The highest BCUT2D eigenvalue weighted by molar-refractivity contribution is 5.84. The molecule has 1 saturated heterocycles. The maximum Gasteiger partial charge on any atom is 0.410 e. The van der Waals surface area contributed by atoms with Crippen LogP contribution in [0.4, 0.5) is 15.4 Å². The molecule has 12 heteroatoms. The Morgan fingerprint density at radius 1 is 1.12 bits per heavy atom. The summed E-state index contributed by atoms with van der Waals surface area (Å²) in [4.78, 5) is 48.3. The number of carbonyl (C=O) groups excluding carboxylic acids is 1. The number of carboxylic acids is 1. The zero-order valence-corrected chi connectivity index (χ0v) is 18.1. The third kappa shape index (κ3) is 4.68. The largest absolute Gasteiger partial charge is 0.475 e. The van der Waals surface area contributed by atoms with Crippen LogP contribution in [0.1, 0.15) is 33.9 Å². The Labute approximate surface area is 194 Å². The lowest BCUT2D eigenvalue weighted by molar-refractivity contribution is 0.0683. The van der Waals surface area contributed by atoms with Gasteiger partial charge in [0.05, 0.1) is 37.3 Å². The van der Waals surface area contributed by atoms with Crippen LogP contribution in [0.3, 0.4) is 0 Å². The number of ether oxygens (including phenoxy) is 1. The van der Waals surface area contributed by atoms with Crippen molar-refractivity contribution in [3.8, 4) is 6.07 Å². The number of carbonyl (C=O) groups is 3. The van der Waals surface area contributed by atoms with Gasteiger partial charge >= 0.3 is 18.2 Å². The molecule has 4 rings (SSSR count). The summed E-state index contributed by atoms with van der Waals surface area (Å²) in [5, 5.41) is 28.1. The molecule has 3 heterocycles. The Hall–Kier alpha value is -4.40. The minimum Gasteiger partial charge on any atom is -0.475 e. The van der Waals surface area contributed by atoms with Crippen LogP contribution in [0, 0.1) is 11.3 Å². The highest BCUT2D eigenvalue weighted by Crippen LogP contribution is 2.31. The summed E-state index contributed by atoms with van der Waals surface area (Å²) < 4.78 is 5.43. The van der Waals surface area contributed by atoms with Crippen molar-refractivity contribution in [3.63, 3.8) is 0 Å².